The smallest absolute Gasteiger partial charge is 0.238 e. The number of hydrogen-bond donors (Lipinski definition) is 1. The number of benzene rings is 2. The maximum absolute atomic E-state index is 13.0. The molecule has 0 fully saturated rings. The quantitative estimate of drug-likeness (QED) is 0.360. The molecule has 4 aromatic rings. The van der Waals surface area contributed by atoms with Crippen molar-refractivity contribution < 1.29 is 13.2 Å². The molecule has 4 rings (SSSR count). The van der Waals surface area contributed by atoms with Gasteiger partial charge in [0.15, 0.2) is 20.8 Å². The molecule has 12 heteroatoms. The lowest BCUT2D eigenvalue weighted by molar-refractivity contribution is -0.115. The van der Waals surface area contributed by atoms with Crippen LogP contribution < -0.4 is 5.32 Å². The standard InChI is InChI=1S/C23H21N7O3S2/c1-16(22(31)26-21-17(13-24)14-25-29(21)2)34-23-28-27-20(30(23)18-9-5-3-6-10-18)15-35(32,33)19-11-7-4-8-12-19/h3-12,14,16H,15H2,1-2H3,(H,26,31). The molecule has 1 N–H and O–H groups in total. The van der Waals surface area contributed by atoms with Crippen LogP contribution >= 0.6 is 11.8 Å². The van der Waals surface area contributed by atoms with Crippen LogP contribution in [0.2, 0.25) is 0 Å². The molecule has 0 spiro atoms. The number of hydrogen-bond acceptors (Lipinski definition) is 8. The zero-order valence-electron chi connectivity index (χ0n) is 18.9. The van der Waals surface area contributed by atoms with Crippen LogP contribution in [0.1, 0.15) is 18.3 Å². The van der Waals surface area contributed by atoms with Crippen LogP contribution in [-0.2, 0) is 27.4 Å². The summed E-state index contributed by atoms with van der Waals surface area (Å²) in [6.07, 6.45) is 1.37. The molecule has 35 heavy (non-hydrogen) atoms. The third-order valence-electron chi connectivity index (χ3n) is 5.09. The van der Waals surface area contributed by atoms with Crippen molar-refractivity contribution in [1.29, 1.82) is 5.26 Å². The fraction of sp³-hybridized carbons (Fsp3) is 0.174. The van der Waals surface area contributed by atoms with E-state index in [0.717, 1.165) is 11.8 Å². The molecule has 0 bridgehead atoms. The summed E-state index contributed by atoms with van der Waals surface area (Å²) < 4.78 is 29.1. The van der Waals surface area contributed by atoms with Crippen molar-refractivity contribution >= 4 is 33.3 Å². The van der Waals surface area contributed by atoms with E-state index in [2.05, 4.69) is 20.6 Å². The van der Waals surface area contributed by atoms with E-state index in [9.17, 15) is 18.5 Å². The molecule has 2 heterocycles. The Morgan fingerprint density at radius 1 is 1.11 bits per heavy atom. The van der Waals surface area contributed by atoms with Crippen molar-refractivity contribution in [2.75, 3.05) is 5.32 Å². The van der Waals surface area contributed by atoms with Crippen LogP contribution in [0, 0.1) is 11.3 Å². The summed E-state index contributed by atoms with van der Waals surface area (Å²) >= 11 is 1.13. The summed E-state index contributed by atoms with van der Waals surface area (Å²) in [7, 11) is -2.05. The number of nitriles is 1. The van der Waals surface area contributed by atoms with Crippen LogP contribution in [-0.4, -0.2) is 44.1 Å². The topological polar surface area (TPSA) is 136 Å². The number of rotatable bonds is 8. The molecule has 0 saturated carbocycles. The van der Waals surface area contributed by atoms with Gasteiger partial charge < -0.3 is 5.32 Å². The summed E-state index contributed by atoms with van der Waals surface area (Å²) in [5.74, 6) is -0.200. The number of sulfone groups is 1. The monoisotopic (exact) mass is 507 g/mol. The number of nitrogens with zero attached hydrogens (tertiary/aromatic N) is 6. The zero-order valence-corrected chi connectivity index (χ0v) is 20.5. The Bertz CT molecular complexity index is 1490. The lowest BCUT2D eigenvalue weighted by atomic mass is 10.3. The summed E-state index contributed by atoms with van der Waals surface area (Å²) in [6, 6.07) is 19.2. The molecule has 178 valence electrons. The van der Waals surface area contributed by atoms with Gasteiger partial charge in [-0.25, -0.2) is 8.42 Å². The van der Waals surface area contributed by atoms with Crippen molar-refractivity contribution in [1.82, 2.24) is 24.5 Å². The molecule has 0 radical (unpaired) electrons. The molecule has 1 unspecified atom stereocenters. The van der Waals surface area contributed by atoms with Gasteiger partial charge in [0.05, 0.1) is 16.3 Å². The summed E-state index contributed by atoms with van der Waals surface area (Å²) in [6.45, 7) is 1.69. The molecule has 1 atom stereocenters. The van der Waals surface area contributed by atoms with E-state index in [-0.39, 0.29) is 27.9 Å². The average Bonchev–Trinajstić information content (AvgIpc) is 3.42. The predicted molar refractivity (Wildman–Crippen MR) is 131 cm³/mol. The lowest BCUT2D eigenvalue weighted by Crippen LogP contribution is -2.24. The number of aryl methyl sites for hydroxylation is 1. The van der Waals surface area contributed by atoms with Crippen LogP contribution in [0.4, 0.5) is 5.82 Å². The Morgan fingerprint density at radius 3 is 2.43 bits per heavy atom. The van der Waals surface area contributed by atoms with Gasteiger partial charge in [-0.1, -0.05) is 48.2 Å². The SMILES string of the molecule is CC(Sc1nnc(CS(=O)(=O)c2ccccc2)n1-c1ccccc1)C(=O)Nc1c(C#N)cnn1C. The highest BCUT2D eigenvalue weighted by atomic mass is 32.2. The first-order valence-corrected chi connectivity index (χ1v) is 13.0. The molecule has 2 aromatic heterocycles. The van der Waals surface area contributed by atoms with Crippen molar-refractivity contribution in [2.45, 2.75) is 28.0 Å². The Labute approximate surface area is 206 Å². The number of thioether (sulfide) groups is 1. The second-order valence-corrected chi connectivity index (χ2v) is 10.8. The van der Waals surface area contributed by atoms with E-state index in [1.165, 1.54) is 23.0 Å². The van der Waals surface area contributed by atoms with Crippen molar-refractivity contribution in [3.05, 3.63) is 78.2 Å². The number of para-hydroxylation sites is 1. The molecule has 0 aliphatic rings. The predicted octanol–water partition coefficient (Wildman–Crippen LogP) is 2.97. The second-order valence-electron chi connectivity index (χ2n) is 7.53. The van der Waals surface area contributed by atoms with Gasteiger partial charge in [0, 0.05) is 12.7 Å². The minimum atomic E-state index is -3.67. The van der Waals surface area contributed by atoms with E-state index in [1.807, 2.05) is 36.4 Å². The highest BCUT2D eigenvalue weighted by molar-refractivity contribution is 8.00. The number of anilines is 1. The van der Waals surface area contributed by atoms with E-state index < -0.39 is 15.1 Å². The summed E-state index contributed by atoms with van der Waals surface area (Å²) in [5, 5.41) is 24.0. The Hall–Kier alpha value is -3.95. The van der Waals surface area contributed by atoms with E-state index in [4.69, 9.17) is 0 Å². The fourth-order valence-corrected chi connectivity index (χ4v) is 5.44. The van der Waals surface area contributed by atoms with Crippen molar-refractivity contribution in [2.24, 2.45) is 7.05 Å². The minimum absolute atomic E-state index is 0.189. The molecule has 0 aliphatic carbocycles. The zero-order chi connectivity index (χ0) is 25.0. The lowest BCUT2D eigenvalue weighted by Gasteiger charge is -2.14. The molecule has 0 saturated heterocycles. The highest BCUT2D eigenvalue weighted by Gasteiger charge is 2.25. The van der Waals surface area contributed by atoms with Crippen LogP contribution in [0.3, 0.4) is 0 Å². The molecule has 2 aromatic carbocycles. The van der Waals surface area contributed by atoms with E-state index >= 15 is 0 Å². The maximum atomic E-state index is 13.0. The van der Waals surface area contributed by atoms with E-state index in [0.29, 0.717) is 16.7 Å². The number of nitrogens with one attached hydrogen (secondary N) is 1. The van der Waals surface area contributed by atoms with Gasteiger partial charge >= 0.3 is 0 Å². The molecule has 1 amide bonds. The second kappa shape index (κ2) is 10.1. The Kier molecular flexibility index (Phi) is 6.99. The van der Waals surface area contributed by atoms with Gasteiger partial charge in [-0.05, 0) is 31.2 Å². The first-order chi connectivity index (χ1) is 16.8. The highest BCUT2D eigenvalue weighted by Crippen LogP contribution is 2.28. The number of amides is 1. The minimum Gasteiger partial charge on any atom is -0.309 e. The van der Waals surface area contributed by atoms with Gasteiger partial charge in [-0.15, -0.1) is 10.2 Å². The molecule has 10 nitrogen and oxygen atoms in total. The molecular formula is C23H21N7O3S2. The van der Waals surface area contributed by atoms with E-state index in [1.54, 1.807) is 36.7 Å². The van der Waals surface area contributed by atoms with Gasteiger partial charge in [0.25, 0.3) is 0 Å². The third kappa shape index (κ3) is 5.26. The van der Waals surface area contributed by atoms with Gasteiger partial charge in [-0.3, -0.25) is 14.0 Å². The van der Waals surface area contributed by atoms with Crippen molar-refractivity contribution in [3.63, 3.8) is 0 Å². The van der Waals surface area contributed by atoms with Crippen LogP contribution in [0.25, 0.3) is 5.69 Å². The summed E-state index contributed by atoms with van der Waals surface area (Å²) in [4.78, 5) is 13.1. The first-order valence-electron chi connectivity index (χ1n) is 10.5. The normalized spacial score (nSPS) is 12.1. The van der Waals surface area contributed by atoms with Crippen LogP contribution in [0.15, 0.2) is 76.9 Å². The van der Waals surface area contributed by atoms with Gasteiger partial charge in [0.2, 0.25) is 5.91 Å². The summed E-state index contributed by atoms with van der Waals surface area (Å²) in [5.41, 5.74) is 0.920. The molecule has 0 aliphatic heterocycles. The van der Waals surface area contributed by atoms with Gasteiger partial charge in [-0.2, -0.15) is 10.4 Å². The average molecular weight is 508 g/mol. The maximum Gasteiger partial charge on any atom is 0.238 e. The number of aromatic nitrogens is 5. The Morgan fingerprint density at radius 2 is 1.77 bits per heavy atom. The number of carbonyl (C=O) groups excluding carboxylic acids is 1. The third-order valence-corrected chi connectivity index (χ3v) is 7.76. The Balaban J connectivity index is 1.63. The van der Waals surface area contributed by atoms with Crippen molar-refractivity contribution in [3.8, 4) is 11.8 Å². The largest absolute Gasteiger partial charge is 0.309 e. The first kappa shape index (κ1) is 24.2. The fourth-order valence-electron chi connectivity index (χ4n) is 3.29. The molecular weight excluding hydrogens is 486 g/mol. The van der Waals surface area contributed by atoms with Gasteiger partial charge in [0.1, 0.15) is 23.2 Å². The van der Waals surface area contributed by atoms with Crippen LogP contribution in [0.5, 0.6) is 0 Å². The number of carbonyl (C=O) groups is 1.